The standard InChI is InChI=1S/C17H17NO3/c1-10-15-11-7-5-6-8-12(11)18(2)16(15)13(19)9-14(20-3)17(10)21-4/h5-9H,1-4H3. The molecule has 4 nitrogen and oxygen atoms in total. The van der Waals surface area contributed by atoms with Crippen molar-refractivity contribution in [1.29, 1.82) is 0 Å². The Labute approximate surface area is 122 Å². The first kappa shape index (κ1) is 13.5. The summed E-state index contributed by atoms with van der Waals surface area (Å²) in [7, 11) is 5.04. The molecule has 0 aliphatic carbocycles. The van der Waals surface area contributed by atoms with Gasteiger partial charge in [-0.2, -0.15) is 0 Å². The van der Waals surface area contributed by atoms with Crippen molar-refractivity contribution in [2.75, 3.05) is 14.2 Å². The van der Waals surface area contributed by atoms with Crippen molar-refractivity contribution in [3.05, 3.63) is 46.1 Å². The molecule has 0 N–H and O–H groups in total. The molecular formula is C17H17NO3. The molecule has 0 radical (unpaired) electrons. The van der Waals surface area contributed by atoms with E-state index in [0.29, 0.717) is 17.0 Å². The van der Waals surface area contributed by atoms with Gasteiger partial charge in [-0.25, -0.2) is 0 Å². The van der Waals surface area contributed by atoms with Gasteiger partial charge in [0.05, 0.1) is 19.7 Å². The minimum absolute atomic E-state index is 0.0769. The molecule has 2 aromatic carbocycles. The molecule has 0 amide bonds. The highest BCUT2D eigenvalue weighted by molar-refractivity contribution is 6.10. The van der Waals surface area contributed by atoms with E-state index in [1.54, 1.807) is 14.2 Å². The molecule has 4 heteroatoms. The highest BCUT2D eigenvalue weighted by Crippen LogP contribution is 2.36. The number of ether oxygens (including phenoxy) is 2. The van der Waals surface area contributed by atoms with Gasteiger partial charge in [0.2, 0.25) is 5.43 Å². The van der Waals surface area contributed by atoms with Crippen molar-refractivity contribution >= 4 is 21.8 Å². The largest absolute Gasteiger partial charge is 0.493 e. The number of para-hydroxylation sites is 1. The van der Waals surface area contributed by atoms with E-state index in [1.807, 2.05) is 42.8 Å². The maximum Gasteiger partial charge on any atom is 0.206 e. The monoisotopic (exact) mass is 283 g/mol. The van der Waals surface area contributed by atoms with Crippen LogP contribution in [0, 0.1) is 6.92 Å². The molecule has 0 atom stereocenters. The fourth-order valence-corrected chi connectivity index (χ4v) is 3.02. The third kappa shape index (κ3) is 1.79. The molecule has 0 bridgehead atoms. The minimum atomic E-state index is -0.0769. The predicted molar refractivity (Wildman–Crippen MR) is 84.5 cm³/mol. The third-order valence-electron chi connectivity index (χ3n) is 3.97. The Hall–Kier alpha value is -2.49. The zero-order valence-electron chi connectivity index (χ0n) is 12.6. The second-order valence-electron chi connectivity index (χ2n) is 5.03. The van der Waals surface area contributed by atoms with Crippen LogP contribution >= 0.6 is 0 Å². The SMILES string of the molecule is COc1cc(=O)c2c(c(C)c1OC)c1ccccc1n2C. The number of hydrogen-bond donors (Lipinski definition) is 0. The normalized spacial score (nSPS) is 11.0. The predicted octanol–water partition coefficient (Wildman–Crippen LogP) is 3.02. The van der Waals surface area contributed by atoms with E-state index in [9.17, 15) is 4.79 Å². The molecule has 3 aromatic rings. The second kappa shape index (κ2) is 4.81. The number of fused-ring (bicyclic) bond motifs is 3. The lowest BCUT2D eigenvalue weighted by Crippen LogP contribution is -2.02. The van der Waals surface area contributed by atoms with Crippen LogP contribution in [0.3, 0.4) is 0 Å². The van der Waals surface area contributed by atoms with Gasteiger partial charge in [0.15, 0.2) is 11.5 Å². The first-order valence-corrected chi connectivity index (χ1v) is 6.73. The van der Waals surface area contributed by atoms with Crippen molar-refractivity contribution < 1.29 is 9.47 Å². The van der Waals surface area contributed by atoms with E-state index < -0.39 is 0 Å². The van der Waals surface area contributed by atoms with Crippen molar-refractivity contribution in [2.24, 2.45) is 7.05 Å². The maximum absolute atomic E-state index is 12.6. The van der Waals surface area contributed by atoms with Gasteiger partial charge in [-0.05, 0) is 13.0 Å². The Morgan fingerprint density at radius 1 is 1.10 bits per heavy atom. The first-order chi connectivity index (χ1) is 10.1. The number of aromatic nitrogens is 1. The highest BCUT2D eigenvalue weighted by atomic mass is 16.5. The number of benzene rings is 1. The summed E-state index contributed by atoms with van der Waals surface area (Å²) in [6.45, 7) is 1.95. The van der Waals surface area contributed by atoms with Crippen LogP contribution in [0.15, 0.2) is 35.1 Å². The number of hydrogen-bond acceptors (Lipinski definition) is 3. The summed E-state index contributed by atoms with van der Waals surface area (Å²) in [6, 6.07) is 9.47. The summed E-state index contributed by atoms with van der Waals surface area (Å²) in [5, 5.41) is 1.96. The average Bonchev–Trinajstić information content (AvgIpc) is 2.74. The van der Waals surface area contributed by atoms with Gasteiger partial charge in [0.1, 0.15) is 0 Å². The summed E-state index contributed by atoms with van der Waals surface area (Å²) in [4.78, 5) is 12.6. The second-order valence-corrected chi connectivity index (χ2v) is 5.03. The maximum atomic E-state index is 12.6. The van der Waals surface area contributed by atoms with Gasteiger partial charge in [-0.15, -0.1) is 0 Å². The van der Waals surface area contributed by atoms with Crippen LogP contribution < -0.4 is 14.9 Å². The molecule has 1 heterocycles. The minimum Gasteiger partial charge on any atom is -0.493 e. The molecule has 0 aliphatic rings. The Kier molecular flexibility index (Phi) is 3.09. The molecule has 0 unspecified atom stereocenters. The molecule has 21 heavy (non-hydrogen) atoms. The van der Waals surface area contributed by atoms with Gasteiger partial charge in [0, 0.05) is 35.0 Å². The van der Waals surface area contributed by atoms with Crippen molar-refractivity contribution in [3.63, 3.8) is 0 Å². The van der Waals surface area contributed by atoms with E-state index in [1.165, 1.54) is 6.07 Å². The highest BCUT2D eigenvalue weighted by Gasteiger charge is 2.17. The fourth-order valence-electron chi connectivity index (χ4n) is 3.02. The van der Waals surface area contributed by atoms with Gasteiger partial charge in [0.25, 0.3) is 0 Å². The zero-order valence-corrected chi connectivity index (χ0v) is 12.6. The molecule has 3 rings (SSSR count). The van der Waals surface area contributed by atoms with Crippen molar-refractivity contribution in [2.45, 2.75) is 6.92 Å². The molecule has 0 saturated heterocycles. The molecular weight excluding hydrogens is 266 g/mol. The number of methoxy groups -OCH3 is 2. The van der Waals surface area contributed by atoms with Crippen LogP contribution in [0.1, 0.15) is 5.56 Å². The van der Waals surface area contributed by atoms with Crippen LogP contribution in [0.2, 0.25) is 0 Å². The van der Waals surface area contributed by atoms with Crippen molar-refractivity contribution in [3.8, 4) is 11.5 Å². The Morgan fingerprint density at radius 2 is 1.81 bits per heavy atom. The van der Waals surface area contributed by atoms with Gasteiger partial charge in [-0.3, -0.25) is 4.79 Å². The number of nitrogens with zero attached hydrogens (tertiary/aromatic N) is 1. The molecule has 0 fully saturated rings. The molecule has 0 spiro atoms. The summed E-state index contributed by atoms with van der Waals surface area (Å²) in [5.74, 6) is 1.06. The fraction of sp³-hybridized carbons (Fsp3) is 0.235. The van der Waals surface area contributed by atoms with Gasteiger partial charge >= 0.3 is 0 Å². The summed E-state index contributed by atoms with van der Waals surface area (Å²) in [6.07, 6.45) is 0. The smallest absolute Gasteiger partial charge is 0.206 e. The third-order valence-corrected chi connectivity index (χ3v) is 3.97. The van der Waals surface area contributed by atoms with Crippen LogP contribution in [0.5, 0.6) is 11.5 Å². The lowest BCUT2D eigenvalue weighted by molar-refractivity contribution is 0.354. The Morgan fingerprint density at radius 3 is 2.48 bits per heavy atom. The van der Waals surface area contributed by atoms with Crippen LogP contribution in [-0.2, 0) is 7.05 Å². The van der Waals surface area contributed by atoms with E-state index in [4.69, 9.17) is 9.47 Å². The summed E-state index contributed by atoms with van der Waals surface area (Å²) >= 11 is 0. The quantitative estimate of drug-likeness (QED) is 0.726. The van der Waals surface area contributed by atoms with Crippen LogP contribution in [-0.4, -0.2) is 18.8 Å². The molecule has 108 valence electrons. The summed E-state index contributed by atoms with van der Waals surface area (Å²) < 4.78 is 12.7. The van der Waals surface area contributed by atoms with E-state index in [2.05, 4.69) is 0 Å². The van der Waals surface area contributed by atoms with Gasteiger partial charge < -0.3 is 14.0 Å². The van der Waals surface area contributed by atoms with Crippen LogP contribution in [0.25, 0.3) is 21.8 Å². The van der Waals surface area contributed by atoms with Crippen molar-refractivity contribution in [1.82, 2.24) is 4.57 Å². The Balaban J connectivity index is 2.71. The Bertz CT molecular complexity index is 909. The number of rotatable bonds is 2. The average molecular weight is 283 g/mol. The number of aryl methyl sites for hydroxylation is 2. The van der Waals surface area contributed by atoms with E-state index in [0.717, 1.165) is 21.9 Å². The van der Waals surface area contributed by atoms with E-state index in [-0.39, 0.29) is 5.43 Å². The molecule has 0 aliphatic heterocycles. The summed E-state index contributed by atoms with van der Waals surface area (Å²) in [5.41, 5.74) is 2.52. The lowest BCUT2D eigenvalue weighted by atomic mass is 10.1. The van der Waals surface area contributed by atoms with Crippen LogP contribution in [0.4, 0.5) is 0 Å². The molecule has 0 saturated carbocycles. The zero-order chi connectivity index (χ0) is 15.1. The lowest BCUT2D eigenvalue weighted by Gasteiger charge is -2.06. The topological polar surface area (TPSA) is 40.5 Å². The molecule has 1 aromatic heterocycles. The van der Waals surface area contributed by atoms with E-state index >= 15 is 0 Å². The van der Waals surface area contributed by atoms with Gasteiger partial charge in [-0.1, -0.05) is 18.2 Å². The first-order valence-electron chi connectivity index (χ1n) is 6.73.